The third-order valence-corrected chi connectivity index (χ3v) is 4.91. The molecule has 1 atom stereocenters. The number of aromatic hydroxyl groups is 1. The Hall–Kier alpha value is -2.95. The topological polar surface area (TPSA) is 68.1 Å². The van der Waals surface area contributed by atoms with Crippen molar-refractivity contribution < 1.29 is 9.84 Å². The minimum atomic E-state index is 0.459. The van der Waals surface area contributed by atoms with Crippen molar-refractivity contribution in [2.24, 2.45) is 0 Å². The molecule has 0 bridgehead atoms. The fraction of sp³-hybridized carbons (Fsp3) is 0.375. The van der Waals surface area contributed by atoms with E-state index in [1.165, 1.54) is 25.7 Å². The van der Waals surface area contributed by atoms with Crippen molar-refractivity contribution in [3.63, 3.8) is 0 Å². The third kappa shape index (κ3) is 6.86. The van der Waals surface area contributed by atoms with E-state index in [1.54, 1.807) is 25.4 Å². The number of methoxy groups -OCH3 is 1. The lowest BCUT2D eigenvalue weighted by molar-refractivity contribution is 0.416. The summed E-state index contributed by atoms with van der Waals surface area (Å²) in [4.78, 5) is 0. The second kappa shape index (κ2) is 12.5. The standard InChI is InChI=1S/C14H22O.C10H9N3O/c1-3-5-6-9-12(4-2)13-10-7-8-11-14(13)15;1-14-10-5-3-2-4-8(10)9-6-7-11-13-12-9/h7-8,10-12,15H,3-6,9H2,1-2H3;2-7H,1H3. The Balaban J connectivity index is 0.000000207. The highest BCUT2D eigenvalue weighted by molar-refractivity contribution is 5.66. The van der Waals surface area contributed by atoms with Gasteiger partial charge in [-0.2, -0.15) is 0 Å². The molecule has 0 aliphatic carbocycles. The molecule has 0 fully saturated rings. The van der Waals surface area contributed by atoms with Gasteiger partial charge in [-0.25, -0.2) is 0 Å². The molecule has 0 aliphatic rings. The van der Waals surface area contributed by atoms with Crippen LogP contribution in [0.15, 0.2) is 60.8 Å². The number of phenolic OH excluding ortho intramolecular Hbond substituents is 1. The number of ether oxygens (including phenoxy) is 1. The first-order valence-electron chi connectivity index (χ1n) is 10.3. The summed E-state index contributed by atoms with van der Waals surface area (Å²) in [6, 6.07) is 17.2. The van der Waals surface area contributed by atoms with Gasteiger partial charge >= 0.3 is 0 Å². The van der Waals surface area contributed by atoms with Gasteiger partial charge in [0.25, 0.3) is 0 Å². The third-order valence-electron chi connectivity index (χ3n) is 4.91. The van der Waals surface area contributed by atoms with E-state index in [-0.39, 0.29) is 0 Å². The number of rotatable bonds is 8. The van der Waals surface area contributed by atoms with Crippen LogP contribution in [0, 0.1) is 0 Å². The largest absolute Gasteiger partial charge is 0.508 e. The van der Waals surface area contributed by atoms with Gasteiger partial charge in [-0.15, -0.1) is 10.2 Å². The van der Waals surface area contributed by atoms with E-state index in [4.69, 9.17) is 4.74 Å². The molecule has 0 saturated carbocycles. The molecule has 0 aliphatic heterocycles. The molecule has 0 spiro atoms. The Bertz CT molecular complexity index is 840. The molecule has 2 aromatic carbocycles. The molecule has 3 rings (SSSR count). The Morgan fingerprint density at radius 1 is 0.966 bits per heavy atom. The summed E-state index contributed by atoms with van der Waals surface area (Å²) in [5, 5.41) is 20.9. The Morgan fingerprint density at radius 2 is 1.72 bits per heavy atom. The van der Waals surface area contributed by atoms with Crippen molar-refractivity contribution in [1.29, 1.82) is 0 Å². The molecule has 0 amide bonds. The maximum Gasteiger partial charge on any atom is 0.128 e. The van der Waals surface area contributed by atoms with E-state index in [0.717, 1.165) is 29.0 Å². The molecule has 154 valence electrons. The number of hydrogen-bond donors (Lipinski definition) is 1. The number of aromatic nitrogens is 3. The first kappa shape index (κ1) is 22.3. The average molecular weight is 394 g/mol. The zero-order valence-corrected chi connectivity index (χ0v) is 17.6. The minimum Gasteiger partial charge on any atom is -0.508 e. The van der Waals surface area contributed by atoms with E-state index < -0.39 is 0 Å². The number of nitrogens with zero attached hydrogens (tertiary/aromatic N) is 3. The fourth-order valence-electron chi connectivity index (χ4n) is 3.29. The predicted octanol–water partition coefficient (Wildman–Crippen LogP) is 6.01. The molecule has 3 aromatic rings. The predicted molar refractivity (Wildman–Crippen MR) is 117 cm³/mol. The quantitative estimate of drug-likeness (QED) is 0.474. The molecule has 1 unspecified atom stereocenters. The highest BCUT2D eigenvalue weighted by Gasteiger charge is 2.12. The molecular formula is C24H31N3O2. The van der Waals surface area contributed by atoms with Crippen LogP contribution in [0.5, 0.6) is 11.5 Å². The lowest BCUT2D eigenvalue weighted by Gasteiger charge is -2.16. The summed E-state index contributed by atoms with van der Waals surface area (Å²) in [6.45, 7) is 4.42. The zero-order valence-electron chi connectivity index (χ0n) is 17.6. The molecule has 5 nitrogen and oxygen atoms in total. The summed E-state index contributed by atoms with van der Waals surface area (Å²) < 4.78 is 5.21. The van der Waals surface area contributed by atoms with Gasteiger partial charge in [-0.05, 0) is 53.8 Å². The van der Waals surface area contributed by atoms with Crippen molar-refractivity contribution >= 4 is 0 Å². The molecule has 0 saturated heterocycles. The van der Waals surface area contributed by atoms with Crippen LogP contribution >= 0.6 is 0 Å². The summed E-state index contributed by atoms with van der Waals surface area (Å²) in [6.07, 6.45) is 7.74. The Kier molecular flexibility index (Phi) is 9.63. The summed E-state index contributed by atoms with van der Waals surface area (Å²) in [7, 11) is 1.63. The smallest absolute Gasteiger partial charge is 0.128 e. The van der Waals surface area contributed by atoms with Crippen LogP contribution in [0.25, 0.3) is 11.3 Å². The van der Waals surface area contributed by atoms with Gasteiger partial charge in [-0.1, -0.05) is 63.4 Å². The fourth-order valence-corrected chi connectivity index (χ4v) is 3.29. The maximum atomic E-state index is 9.77. The summed E-state index contributed by atoms with van der Waals surface area (Å²) in [5.41, 5.74) is 2.80. The van der Waals surface area contributed by atoms with Crippen LogP contribution in [0.4, 0.5) is 0 Å². The van der Waals surface area contributed by atoms with Crippen LogP contribution in [-0.4, -0.2) is 27.6 Å². The van der Waals surface area contributed by atoms with Gasteiger partial charge in [0.15, 0.2) is 0 Å². The van der Waals surface area contributed by atoms with Crippen molar-refractivity contribution in [2.45, 2.75) is 51.9 Å². The number of unbranched alkanes of at least 4 members (excludes halogenated alkanes) is 2. The second-order valence-corrected chi connectivity index (χ2v) is 6.87. The maximum absolute atomic E-state index is 9.77. The van der Waals surface area contributed by atoms with Crippen LogP contribution in [-0.2, 0) is 0 Å². The van der Waals surface area contributed by atoms with Crippen molar-refractivity contribution in [3.05, 3.63) is 66.4 Å². The van der Waals surface area contributed by atoms with Crippen LogP contribution in [0.2, 0.25) is 0 Å². The van der Waals surface area contributed by atoms with E-state index >= 15 is 0 Å². The van der Waals surface area contributed by atoms with E-state index in [1.807, 2.05) is 36.4 Å². The Morgan fingerprint density at radius 3 is 2.38 bits per heavy atom. The van der Waals surface area contributed by atoms with Gasteiger partial charge in [0, 0.05) is 5.56 Å². The number of phenols is 1. The van der Waals surface area contributed by atoms with Gasteiger partial charge in [0.1, 0.15) is 17.2 Å². The lowest BCUT2D eigenvalue weighted by Crippen LogP contribution is -1.97. The summed E-state index contributed by atoms with van der Waals surface area (Å²) >= 11 is 0. The van der Waals surface area contributed by atoms with Crippen molar-refractivity contribution in [3.8, 4) is 22.8 Å². The monoisotopic (exact) mass is 393 g/mol. The molecule has 5 heteroatoms. The van der Waals surface area contributed by atoms with Crippen molar-refractivity contribution in [1.82, 2.24) is 15.4 Å². The van der Waals surface area contributed by atoms with Crippen molar-refractivity contribution in [2.75, 3.05) is 7.11 Å². The van der Waals surface area contributed by atoms with Crippen LogP contribution in [0.1, 0.15) is 57.4 Å². The van der Waals surface area contributed by atoms with Gasteiger partial charge in [0.05, 0.1) is 13.3 Å². The second-order valence-electron chi connectivity index (χ2n) is 6.87. The minimum absolute atomic E-state index is 0.459. The molecule has 1 heterocycles. The van der Waals surface area contributed by atoms with E-state index in [0.29, 0.717) is 11.7 Å². The number of para-hydroxylation sites is 2. The lowest BCUT2D eigenvalue weighted by atomic mass is 9.90. The normalized spacial score (nSPS) is 11.3. The summed E-state index contributed by atoms with van der Waals surface area (Å²) in [5.74, 6) is 1.77. The Labute approximate surface area is 173 Å². The van der Waals surface area contributed by atoms with Crippen LogP contribution < -0.4 is 4.74 Å². The van der Waals surface area contributed by atoms with E-state index in [2.05, 4.69) is 35.3 Å². The van der Waals surface area contributed by atoms with Gasteiger partial charge in [-0.3, -0.25) is 0 Å². The highest BCUT2D eigenvalue weighted by Crippen LogP contribution is 2.31. The molecule has 1 N–H and O–H groups in total. The average Bonchev–Trinajstić information content (AvgIpc) is 2.78. The first-order chi connectivity index (χ1) is 14.2. The highest BCUT2D eigenvalue weighted by atomic mass is 16.5. The molecule has 29 heavy (non-hydrogen) atoms. The zero-order chi connectivity index (χ0) is 20.9. The number of benzene rings is 2. The van der Waals surface area contributed by atoms with Gasteiger partial charge < -0.3 is 9.84 Å². The van der Waals surface area contributed by atoms with Gasteiger partial charge in [0.2, 0.25) is 0 Å². The molecule has 0 radical (unpaired) electrons. The van der Waals surface area contributed by atoms with Crippen LogP contribution in [0.3, 0.4) is 0 Å². The SMILES string of the molecule is CCCCCC(CC)c1ccccc1O.COc1ccccc1-c1ccnnn1. The molecule has 1 aromatic heterocycles. The number of hydrogen-bond acceptors (Lipinski definition) is 5. The van der Waals surface area contributed by atoms with E-state index in [9.17, 15) is 5.11 Å². The first-order valence-corrected chi connectivity index (χ1v) is 10.3. The molecular weight excluding hydrogens is 362 g/mol.